The molecule has 0 N–H and O–H groups in total. The smallest absolute Gasteiger partial charge is 0.308 e. The van der Waals surface area contributed by atoms with Crippen molar-refractivity contribution in [3.8, 4) is 0 Å². The van der Waals surface area contributed by atoms with Gasteiger partial charge in [-0.15, -0.1) is 0 Å². The van der Waals surface area contributed by atoms with Gasteiger partial charge in [-0.3, -0.25) is 19.1 Å². The van der Waals surface area contributed by atoms with Crippen molar-refractivity contribution < 1.29 is 4.79 Å². The number of hydrogen-bond acceptors (Lipinski definition) is 5. The van der Waals surface area contributed by atoms with Crippen LogP contribution in [0.5, 0.6) is 0 Å². The third-order valence-corrected chi connectivity index (χ3v) is 7.00. The van der Waals surface area contributed by atoms with Crippen LogP contribution in [-0.4, -0.2) is 77.0 Å². The van der Waals surface area contributed by atoms with Crippen LogP contribution in [-0.2, 0) is 11.3 Å². The largest absolute Gasteiger partial charge is 0.339 e. The molecule has 2 heterocycles. The number of benzene rings is 1. The fourth-order valence-corrected chi connectivity index (χ4v) is 4.49. The van der Waals surface area contributed by atoms with E-state index in [1.165, 1.54) is 11.3 Å². The minimum Gasteiger partial charge on any atom is -0.339 e. The second kappa shape index (κ2) is 8.65. The number of carbonyl (C=O) groups is 1. The first kappa shape index (κ1) is 21.5. The van der Waals surface area contributed by atoms with Crippen LogP contribution in [0.2, 0.25) is 0 Å². The van der Waals surface area contributed by atoms with E-state index >= 15 is 0 Å². The highest BCUT2D eigenvalue weighted by Crippen LogP contribution is 2.22. The zero-order valence-corrected chi connectivity index (χ0v) is 19.5. The predicted molar refractivity (Wildman–Crippen MR) is 119 cm³/mol. The number of halogens is 1. The predicted octanol–water partition coefficient (Wildman–Crippen LogP) is 2.70. The van der Waals surface area contributed by atoms with Gasteiger partial charge in [0.25, 0.3) is 0 Å². The molecule has 0 radical (unpaired) electrons. The first-order valence-corrected chi connectivity index (χ1v) is 11.3. The van der Waals surface area contributed by atoms with Gasteiger partial charge in [-0.2, -0.15) is 0 Å². The lowest BCUT2D eigenvalue weighted by Crippen LogP contribution is -2.52. The quantitative estimate of drug-likeness (QED) is 0.676. The molecule has 0 spiro atoms. The Labute approximate surface area is 178 Å². The molecule has 0 atom stereocenters. The molecule has 3 rings (SSSR count). The summed E-state index contributed by atoms with van der Waals surface area (Å²) in [6.07, 6.45) is 0. The van der Waals surface area contributed by atoms with Gasteiger partial charge in [-0.25, -0.2) is 0 Å². The zero-order chi connectivity index (χ0) is 20.5. The van der Waals surface area contributed by atoms with Crippen LogP contribution in [0.3, 0.4) is 0 Å². The number of nitrogens with zero attached hydrogens (tertiary/aromatic N) is 4. The molecule has 0 unspecified atom stereocenters. The lowest BCUT2D eigenvalue weighted by Gasteiger charge is -2.37. The molecule has 1 fully saturated rings. The van der Waals surface area contributed by atoms with E-state index in [0.29, 0.717) is 0 Å². The molecular formula is C20H29BrN4O2S. The van der Waals surface area contributed by atoms with E-state index in [4.69, 9.17) is 0 Å². The normalized spacial score (nSPS) is 16.3. The fraction of sp³-hybridized carbons (Fsp3) is 0.600. The van der Waals surface area contributed by atoms with Gasteiger partial charge in [-0.05, 0) is 46.0 Å². The Hall–Kier alpha value is -1.22. The van der Waals surface area contributed by atoms with Crippen LogP contribution in [0, 0.1) is 0 Å². The maximum atomic E-state index is 12.8. The summed E-state index contributed by atoms with van der Waals surface area (Å²) in [4.78, 5) is 31.7. The summed E-state index contributed by atoms with van der Waals surface area (Å²) in [5, 5.41) is 0. The summed E-state index contributed by atoms with van der Waals surface area (Å²) in [6, 6.07) is 5.74. The Bertz CT molecular complexity index is 894. The van der Waals surface area contributed by atoms with E-state index < -0.39 is 0 Å². The Kier molecular flexibility index (Phi) is 6.64. The van der Waals surface area contributed by atoms with Crippen LogP contribution >= 0.6 is 27.3 Å². The van der Waals surface area contributed by atoms with Gasteiger partial charge in [-0.1, -0.05) is 27.3 Å². The molecule has 2 aromatic rings. The number of fused-ring (bicyclic) bond motifs is 1. The zero-order valence-electron chi connectivity index (χ0n) is 17.1. The van der Waals surface area contributed by atoms with E-state index in [1.807, 2.05) is 23.1 Å². The molecule has 0 bridgehead atoms. The fourth-order valence-electron chi connectivity index (χ4n) is 3.27. The molecule has 6 nitrogen and oxygen atoms in total. The molecule has 0 aliphatic carbocycles. The standard InChI is InChI=1S/C20H29BrN4O2S/c1-20(2,3)22(4)7-8-23-9-11-24(12-10-23)18(26)14-25-16-13-15(21)5-6-17(16)28-19(25)27/h5-6,13H,7-12,14H2,1-4H3. The number of piperazine rings is 1. The number of amides is 1. The Balaban J connectivity index is 1.56. The second-order valence-corrected chi connectivity index (χ2v) is 10.3. The summed E-state index contributed by atoms with van der Waals surface area (Å²) in [6.45, 7) is 12.0. The molecule has 1 aliphatic rings. The van der Waals surface area contributed by atoms with E-state index in [2.05, 4.69) is 53.5 Å². The summed E-state index contributed by atoms with van der Waals surface area (Å²) in [5.74, 6) is 0.0215. The molecule has 1 amide bonds. The van der Waals surface area contributed by atoms with Gasteiger partial charge < -0.3 is 9.80 Å². The number of carbonyl (C=O) groups excluding carboxylic acids is 1. The van der Waals surface area contributed by atoms with Gasteiger partial charge >= 0.3 is 4.87 Å². The van der Waals surface area contributed by atoms with Crippen molar-refractivity contribution >= 4 is 43.4 Å². The summed E-state index contributed by atoms with van der Waals surface area (Å²) < 4.78 is 3.42. The maximum absolute atomic E-state index is 12.8. The molecule has 1 saturated heterocycles. The van der Waals surface area contributed by atoms with E-state index in [-0.39, 0.29) is 22.9 Å². The van der Waals surface area contributed by atoms with Gasteiger partial charge in [0.05, 0.1) is 10.2 Å². The highest BCUT2D eigenvalue weighted by molar-refractivity contribution is 9.10. The molecule has 1 aromatic carbocycles. The van der Waals surface area contributed by atoms with Crippen molar-refractivity contribution in [1.82, 2.24) is 19.3 Å². The first-order valence-electron chi connectivity index (χ1n) is 9.65. The van der Waals surface area contributed by atoms with Crippen LogP contribution in [0.1, 0.15) is 20.8 Å². The van der Waals surface area contributed by atoms with Crippen LogP contribution in [0.25, 0.3) is 10.2 Å². The molecule has 1 aromatic heterocycles. The third-order valence-electron chi connectivity index (χ3n) is 5.54. The third kappa shape index (κ3) is 5.03. The number of likely N-dealkylation sites (N-methyl/N-ethyl adjacent to an activating group) is 1. The number of rotatable bonds is 5. The molecule has 154 valence electrons. The molecule has 0 saturated carbocycles. The van der Waals surface area contributed by atoms with E-state index in [1.54, 1.807) is 4.57 Å². The minimum atomic E-state index is -0.0784. The van der Waals surface area contributed by atoms with Crippen molar-refractivity contribution in [2.24, 2.45) is 0 Å². The lowest BCUT2D eigenvalue weighted by molar-refractivity contribution is -0.133. The van der Waals surface area contributed by atoms with Crippen molar-refractivity contribution in [1.29, 1.82) is 0 Å². The lowest BCUT2D eigenvalue weighted by atomic mass is 10.1. The monoisotopic (exact) mass is 468 g/mol. The SMILES string of the molecule is CN(CCN1CCN(C(=O)Cn2c(=O)sc3ccc(Br)cc32)CC1)C(C)(C)C. The van der Waals surface area contributed by atoms with Crippen molar-refractivity contribution in [2.45, 2.75) is 32.9 Å². The molecule has 28 heavy (non-hydrogen) atoms. The molecule has 1 aliphatic heterocycles. The van der Waals surface area contributed by atoms with E-state index in [0.717, 1.165) is 54.0 Å². The van der Waals surface area contributed by atoms with Gasteiger partial charge in [0.15, 0.2) is 0 Å². The Morgan fingerprint density at radius 2 is 1.89 bits per heavy atom. The van der Waals surface area contributed by atoms with Gasteiger partial charge in [0, 0.05) is 49.3 Å². The molecular weight excluding hydrogens is 440 g/mol. The number of hydrogen-bond donors (Lipinski definition) is 0. The van der Waals surface area contributed by atoms with Crippen LogP contribution in [0.15, 0.2) is 27.5 Å². The summed E-state index contributed by atoms with van der Waals surface area (Å²) in [5.41, 5.74) is 0.991. The highest BCUT2D eigenvalue weighted by Gasteiger charge is 2.24. The average Bonchev–Trinajstić information content (AvgIpc) is 2.94. The summed E-state index contributed by atoms with van der Waals surface area (Å²) in [7, 11) is 2.15. The van der Waals surface area contributed by atoms with Crippen molar-refractivity contribution in [3.05, 3.63) is 32.3 Å². The van der Waals surface area contributed by atoms with Gasteiger partial charge in [0.2, 0.25) is 5.91 Å². The van der Waals surface area contributed by atoms with E-state index in [9.17, 15) is 9.59 Å². The van der Waals surface area contributed by atoms with Crippen LogP contribution < -0.4 is 4.87 Å². The second-order valence-electron chi connectivity index (χ2n) is 8.38. The van der Waals surface area contributed by atoms with Crippen molar-refractivity contribution in [3.63, 3.8) is 0 Å². The topological polar surface area (TPSA) is 48.8 Å². The van der Waals surface area contributed by atoms with Gasteiger partial charge in [0.1, 0.15) is 6.54 Å². The minimum absolute atomic E-state index is 0.0215. The number of aromatic nitrogens is 1. The Morgan fingerprint density at radius 1 is 1.21 bits per heavy atom. The highest BCUT2D eigenvalue weighted by atomic mass is 79.9. The average molecular weight is 469 g/mol. The first-order chi connectivity index (χ1) is 13.1. The maximum Gasteiger partial charge on any atom is 0.308 e. The van der Waals surface area contributed by atoms with Crippen molar-refractivity contribution in [2.75, 3.05) is 46.3 Å². The number of thiazole rings is 1. The van der Waals surface area contributed by atoms with Crippen LogP contribution in [0.4, 0.5) is 0 Å². The molecule has 8 heteroatoms. The Morgan fingerprint density at radius 3 is 2.54 bits per heavy atom. The summed E-state index contributed by atoms with van der Waals surface area (Å²) >= 11 is 4.64.